The monoisotopic (exact) mass is 232 g/mol. The summed E-state index contributed by atoms with van der Waals surface area (Å²) in [5.41, 5.74) is 6.97. The lowest BCUT2D eigenvalue weighted by molar-refractivity contribution is 0.0976. The van der Waals surface area contributed by atoms with Crippen molar-refractivity contribution in [1.82, 2.24) is 0 Å². The van der Waals surface area contributed by atoms with Crippen molar-refractivity contribution in [1.29, 1.82) is 0 Å². The Hall–Kier alpha value is -1.97. The van der Waals surface area contributed by atoms with Gasteiger partial charge in [0.15, 0.2) is 5.76 Å². The second kappa shape index (κ2) is 4.49. The molecule has 1 aromatic heterocycles. The third-order valence-corrected chi connectivity index (χ3v) is 2.88. The van der Waals surface area contributed by atoms with Gasteiger partial charge in [0, 0.05) is 30.2 Å². The number of amides is 1. The number of hydrogen-bond acceptors (Lipinski definition) is 3. The summed E-state index contributed by atoms with van der Waals surface area (Å²) in [6, 6.07) is 7.58. The first-order chi connectivity index (χ1) is 8.15. The zero-order chi connectivity index (χ0) is 12.4. The van der Waals surface area contributed by atoms with Crippen LogP contribution >= 0.6 is 0 Å². The number of primary amides is 1. The summed E-state index contributed by atoms with van der Waals surface area (Å²) in [5.74, 6) is -0.331. The zero-order valence-electron chi connectivity index (χ0n) is 10.1. The Morgan fingerprint density at radius 2 is 2.00 bits per heavy atom. The standard InChI is InChI=1S/C13H16N2O2/c1-3-15(4-2)10-6-5-9-7-12(13(14)16)17-11(9)8-10/h5-8H,3-4H2,1-2H3,(H2,14,16). The molecule has 2 N–H and O–H groups in total. The fraction of sp³-hybridized carbons (Fsp3) is 0.308. The van der Waals surface area contributed by atoms with Gasteiger partial charge in [-0.05, 0) is 32.0 Å². The molecule has 0 aliphatic heterocycles. The maximum absolute atomic E-state index is 11.0. The largest absolute Gasteiger partial charge is 0.451 e. The molecule has 4 nitrogen and oxygen atoms in total. The quantitative estimate of drug-likeness (QED) is 0.880. The van der Waals surface area contributed by atoms with E-state index in [-0.39, 0.29) is 5.76 Å². The molecular formula is C13H16N2O2. The van der Waals surface area contributed by atoms with Gasteiger partial charge in [0.1, 0.15) is 5.58 Å². The molecule has 0 aliphatic carbocycles. The van der Waals surface area contributed by atoms with Gasteiger partial charge in [0.05, 0.1) is 0 Å². The number of fused-ring (bicyclic) bond motifs is 1. The van der Waals surface area contributed by atoms with Gasteiger partial charge in [-0.3, -0.25) is 4.79 Å². The molecule has 4 heteroatoms. The highest BCUT2D eigenvalue weighted by atomic mass is 16.3. The number of carbonyl (C=O) groups is 1. The van der Waals surface area contributed by atoms with Crippen LogP contribution in [0.3, 0.4) is 0 Å². The summed E-state index contributed by atoms with van der Waals surface area (Å²) in [4.78, 5) is 13.2. The number of benzene rings is 1. The molecule has 0 saturated heterocycles. The van der Waals surface area contributed by atoms with E-state index >= 15 is 0 Å². The van der Waals surface area contributed by atoms with Crippen molar-refractivity contribution in [3.63, 3.8) is 0 Å². The maximum atomic E-state index is 11.0. The summed E-state index contributed by atoms with van der Waals surface area (Å²) in [6.45, 7) is 6.08. The van der Waals surface area contributed by atoms with Gasteiger partial charge in [-0.2, -0.15) is 0 Å². The van der Waals surface area contributed by atoms with Crippen LogP contribution in [-0.2, 0) is 0 Å². The summed E-state index contributed by atoms with van der Waals surface area (Å²) < 4.78 is 5.41. The Morgan fingerprint density at radius 3 is 2.59 bits per heavy atom. The lowest BCUT2D eigenvalue weighted by Gasteiger charge is -2.20. The van der Waals surface area contributed by atoms with Crippen LogP contribution in [-0.4, -0.2) is 19.0 Å². The number of rotatable bonds is 4. The Labute approximate surface area is 100.0 Å². The third kappa shape index (κ3) is 2.11. The van der Waals surface area contributed by atoms with E-state index in [0.29, 0.717) is 5.58 Å². The minimum absolute atomic E-state index is 0.205. The summed E-state index contributed by atoms with van der Waals surface area (Å²) in [5, 5.41) is 0.898. The molecule has 0 bridgehead atoms. The van der Waals surface area contributed by atoms with Gasteiger partial charge in [-0.1, -0.05) is 0 Å². The van der Waals surface area contributed by atoms with Crippen molar-refractivity contribution in [2.24, 2.45) is 5.73 Å². The highest BCUT2D eigenvalue weighted by Crippen LogP contribution is 2.24. The van der Waals surface area contributed by atoms with Crippen LogP contribution in [0.15, 0.2) is 28.7 Å². The van der Waals surface area contributed by atoms with Crippen LogP contribution in [0.4, 0.5) is 5.69 Å². The van der Waals surface area contributed by atoms with E-state index in [9.17, 15) is 4.79 Å². The highest BCUT2D eigenvalue weighted by Gasteiger charge is 2.10. The fourth-order valence-electron chi connectivity index (χ4n) is 1.93. The van der Waals surface area contributed by atoms with Gasteiger partial charge < -0.3 is 15.1 Å². The van der Waals surface area contributed by atoms with Crippen LogP contribution in [0, 0.1) is 0 Å². The molecule has 0 radical (unpaired) electrons. The van der Waals surface area contributed by atoms with Crippen molar-refractivity contribution < 1.29 is 9.21 Å². The van der Waals surface area contributed by atoms with E-state index in [1.54, 1.807) is 6.07 Å². The molecule has 0 saturated carbocycles. The van der Waals surface area contributed by atoms with Crippen molar-refractivity contribution in [3.05, 3.63) is 30.0 Å². The molecule has 17 heavy (non-hydrogen) atoms. The minimum Gasteiger partial charge on any atom is -0.451 e. The molecule has 1 aromatic carbocycles. The molecule has 0 fully saturated rings. The van der Waals surface area contributed by atoms with E-state index in [4.69, 9.17) is 10.2 Å². The average Bonchev–Trinajstić information content (AvgIpc) is 2.74. The van der Waals surface area contributed by atoms with Crippen LogP contribution in [0.2, 0.25) is 0 Å². The SMILES string of the molecule is CCN(CC)c1ccc2cc(C(N)=O)oc2c1. The van der Waals surface area contributed by atoms with E-state index in [1.165, 1.54) is 0 Å². The molecule has 2 aromatic rings. The predicted molar refractivity (Wildman–Crippen MR) is 68.3 cm³/mol. The zero-order valence-corrected chi connectivity index (χ0v) is 10.1. The molecule has 1 amide bonds. The molecule has 0 atom stereocenters. The summed E-state index contributed by atoms with van der Waals surface area (Å²) in [7, 11) is 0. The topological polar surface area (TPSA) is 59.5 Å². The second-order valence-electron chi connectivity index (χ2n) is 3.87. The molecule has 0 unspecified atom stereocenters. The van der Waals surface area contributed by atoms with E-state index < -0.39 is 5.91 Å². The number of carbonyl (C=O) groups excluding carboxylic acids is 1. The van der Waals surface area contributed by atoms with E-state index in [0.717, 1.165) is 24.2 Å². The smallest absolute Gasteiger partial charge is 0.284 e. The van der Waals surface area contributed by atoms with Gasteiger partial charge in [-0.25, -0.2) is 0 Å². The summed E-state index contributed by atoms with van der Waals surface area (Å²) >= 11 is 0. The Morgan fingerprint density at radius 1 is 1.29 bits per heavy atom. The van der Waals surface area contributed by atoms with Crippen LogP contribution in [0.1, 0.15) is 24.4 Å². The average molecular weight is 232 g/mol. The van der Waals surface area contributed by atoms with Crippen LogP contribution in [0.25, 0.3) is 11.0 Å². The molecule has 0 aliphatic rings. The number of nitrogens with two attached hydrogens (primary N) is 1. The molecule has 1 heterocycles. The number of hydrogen-bond donors (Lipinski definition) is 1. The number of nitrogens with zero attached hydrogens (tertiary/aromatic N) is 1. The lowest BCUT2D eigenvalue weighted by atomic mass is 10.2. The first-order valence-corrected chi connectivity index (χ1v) is 5.74. The van der Waals surface area contributed by atoms with E-state index in [1.807, 2.05) is 18.2 Å². The molecule has 0 spiro atoms. The number of furan rings is 1. The maximum Gasteiger partial charge on any atom is 0.284 e. The summed E-state index contributed by atoms with van der Waals surface area (Å²) in [6.07, 6.45) is 0. The van der Waals surface area contributed by atoms with Crippen molar-refractivity contribution in [3.8, 4) is 0 Å². The lowest BCUT2D eigenvalue weighted by Crippen LogP contribution is -2.21. The Bertz CT molecular complexity index is 541. The second-order valence-corrected chi connectivity index (χ2v) is 3.87. The van der Waals surface area contributed by atoms with E-state index in [2.05, 4.69) is 18.7 Å². The number of anilines is 1. The predicted octanol–water partition coefficient (Wildman–Crippen LogP) is 2.38. The van der Waals surface area contributed by atoms with Crippen molar-refractivity contribution in [2.75, 3.05) is 18.0 Å². The van der Waals surface area contributed by atoms with Gasteiger partial charge in [-0.15, -0.1) is 0 Å². The fourth-order valence-corrected chi connectivity index (χ4v) is 1.93. The van der Waals surface area contributed by atoms with Crippen molar-refractivity contribution >= 4 is 22.6 Å². The molecular weight excluding hydrogens is 216 g/mol. The molecule has 90 valence electrons. The van der Waals surface area contributed by atoms with Crippen LogP contribution < -0.4 is 10.6 Å². The minimum atomic E-state index is -0.536. The van der Waals surface area contributed by atoms with Gasteiger partial charge in [0.25, 0.3) is 5.91 Å². The first-order valence-electron chi connectivity index (χ1n) is 5.74. The van der Waals surface area contributed by atoms with Crippen molar-refractivity contribution in [2.45, 2.75) is 13.8 Å². The first kappa shape index (κ1) is 11.5. The van der Waals surface area contributed by atoms with Gasteiger partial charge >= 0.3 is 0 Å². The normalized spacial score (nSPS) is 10.7. The Kier molecular flexibility index (Phi) is 3.04. The molecule has 2 rings (SSSR count). The van der Waals surface area contributed by atoms with Gasteiger partial charge in [0.2, 0.25) is 0 Å². The highest BCUT2D eigenvalue weighted by molar-refractivity contribution is 5.95. The third-order valence-electron chi connectivity index (χ3n) is 2.88. The van der Waals surface area contributed by atoms with Crippen LogP contribution in [0.5, 0.6) is 0 Å². The Balaban J connectivity index is 2.46.